The van der Waals surface area contributed by atoms with Gasteiger partial charge in [-0.25, -0.2) is 0 Å². The largest absolute Gasteiger partial charge is 0.454 e. The molecule has 2 aliphatic heterocycles. The summed E-state index contributed by atoms with van der Waals surface area (Å²) in [5.41, 5.74) is 2.40. The third-order valence-corrected chi connectivity index (χ3v) is 4.76. The molecule has 134 valence electrons. The molecule has 2 amide bonds. The van der Waals surface area contributed by atoms with Gasteiger partial charge in [0.2, 0.25) is 6.79 Å². The highest BCUT2D eigenvalue weighted by molar-refractivity contribution is 6.09. The fourth-order valence-electron chi connectivity index (χ4n) is 3.37. The van der Waals surface area contributed by atoms with Crippen molar-refractivity contribution in [1.82, 2.24) is 4.90 Å². The quantitative estimate of drug-likeness (QED) is 0.921. The highest BCUT2D eigenvalue weighted by atomic mass is 16.7. The molecule has 0 radical (unpaired) electrons. The van der Waals surface area contributed by atoms with E-state index in [1.54, 1.807) is 24.3 Å². The minimum Gasteiger partial charge on any atom is -0.454 e. The van der Waals surface area contributed by atoms with Crippen LogP contribution in [0.25, 0.3) is 0 Å². The van der Waals surface area contributed by atoms with Crippen molar-refractivity contribution in [3.05, 3.63) is 53.1 Å². The molecule has 6 nitrogen and oxygen atoms in total. The topological polar surface area (TPSA) is 67.9 Å². The number of ether oxygens (including phenoxy) is 2. The molecule has 0 aromatic heterocycles. The Morgan fingerprint density at radius 1 is 1.04 bits per heavy atom. The Hall–Kier alpha value is -3.02. The van der Waals surface area contributed by atoms with Gasteiger partial charge in [-0.1, -0.05) is 12.1 Å². The average Bonchev–Trinajstić information content (AvgIpc) is 3.32. The zero-order valence-electron chi connectivity index (χ0n) is 14.6. The Kier molecular flexibility index (Phi) is 4.24. The zero-order valence-corrected chi connectivity index (χ0v) is 14.6. The monoisotopic (exact) mass is 352 g/mol. The molecule has 1 N–H and O–H groups in total. The maximum atomic E-state index is 12.9. The van der Waals surface area contributed by atoms with Crippen molar-refractivity contribution < 1.29 is 19.1 Å². The highest BCUT2D eigenvalue weighted by Gasteiger charge is 2.24. The zero-order chi connectivity index (χ0) is 18.1. The summed E-state index contributed by atoms with van der Waals surface area (Å²) in [7, 11) is 0. The lowest BCUT2D eigenvalue weighted by molar-refractivity contribution is 0.0793. The van der Waals surface area contributed by atoms with Crippen LogP contribution in [-0.4, -0.2) is 36.6 Å². The number of hydrogen-bond donors (Lipinski definition) is 1. The summed E-state index contributed by atoms with van der Waals surface area (Å²) in [6.45, 7) is 3.58. The number of carbonyl (C=O) groups is 2. The number of rotatable bonds is 3. The maximum absolute atomic E-state index is 12.9. The van der Waals surface area contributed by atoms with Crippen LogP contribution in [0.1, 0.15) is 39.1 Å². The van der Waals surface area contributed by atoms with Gasteiger partial charge < -0.3 is 19.7 Å². The van der Waals surface area contributed by atoms with E-state index >= 15 is 0 Å². The lowest BCUT2D eigenvalue weighted by Crippen LogP contribution is -2.29. The third-order valence-electron chi connectivity index (χ3n) is 4.76. The Morgan fingerprint density at radius 3 is 2.62 bits per heavy atom. The molecule has 1 fully saturated rings. The van der Waals surface area contributed by atoms with E-state index in [9.17, 15) is 9.59 Å². The number of aryl methyl sites for hydroxylation is 1. The standard InChI is InChI=1S/C20H20N2O4/c1-13-5-4-6-15(18(13)20(24)22-9-2-3-10-22)21-19(23)14-7-8-16-17(11-14)26-12-25-16/h4-8,11H,2-3,9-10,12H2,1H3,(H,21,23). The average molecular weight is 352 g/mol. The fraction of sp³-hybridized carbons (Fsp3) is 0.300. The summed E-state index contributed by atoms with van der Waals surface area (Å²) >= 11 is 0. The van der Waals surface area contributed by atoms with Crippen LogP contribution in [0.3, 0.4) is 0 Å². The molecule has 2 aromatic carbocycles. The number of likely N-dealkylation sites (tertiary alicyclic amines) is 1. The predicted molar refractivity (Wildman–Crippen MR) is 96.8 cm³/mol. The van der Waals surface area contributed by atoms with E-state index in [-0.39, 0.29) is 18.6 Å². The molecule has 0 saturated carbocycles. The van der Waals surface area contributed by atoms with Crippen molar-refractivity contribution >= 4 is 17.5 Å². The van der Waals surface area contributed by atoms with Crippen LogP contribution in [0.5, 0.6) is 11.5 Å². The molecule has 26 heavy (non-hydrogen) atoms. The van der Waals surface area contributed by atoms with Crippen LogP contribution in [0, 0.1) is 6.92 Å². The molecule has 2 aliphatic rings. The fourth-order valence-corrected chi connectivity index (χ4v) is 3.37. The first-order valence-electron chi connectivity index (χ1n) is 8.73. The molecule has 0 bridgehead atoms. The molecule has 1 saturated heterocycles. The number of anilines is 1. The lowest BCUT2D eigenvalue weighted by Gasteiger charge is -2.19. The van der Waals surface area contributed by atoms with Gasteiger partial charge in [-0.15, -0.1) is 0 Å². The van der Waals surface area contributed by atoms with Gasteiger partial charge in [-0.05, 0) is 49.6 Å². The summed E-state index contributed by atoms with van der Waals surface area (Å²) in [4.78, 5) is 27.4. The van der Waals surface area contributed by atoms with Crippen molar-refractivity contribution in [3.8, 4) is 11.5 Å². The van der Waals surface area contributed by atoms with Gasteiger partial charge in [0.05, 0.1) is 11.3 Å². The van der Waals surface area contributed by atoms with Gasteiger partial charge in [0.25, 0.3) is 11.8 Å². The van der Waals surface area contributed by atoms with Crippen molar-refractivity contribution in [2.45, 2.75) is 19.8 Å². The molecular weight excluding hydrogens is 332 g/mol. The Morgan fingerprint density at radius 2 is 1.81 bits per heavy atom. The first-order valence-corrected chi connectivity index (χ1v) is 8.73. The van der Waals surface area contributed by atoms with E-state index in [1.165, 1.54) is 0 Å². The van der Waals surface area contributed by atoms with Crippen molar-refractivity contribution in [2.75, 3.05) is 25.2 Å². The van der Waals surface area contributed by atoms with Crippen molar-refractivity contribution in [1.29, 1.82) is 0 Å². The second-order valence-electron chi connectivity index (χ2n) is 6.52. The molecular formula is C20H20N2O4. The molecule has 0 atom stereocenters. The Labute approximate surface area is 151 Å². The second-order valence-corrected chi connectivity index (χ2v) is 6.52. The minimum absolute atomic E-state index is 0.0263. The smallest absolute Gasteiger partial charge is 0.256 e. The molecule has 0 spiro atoms. The molecule has 2 heterocycles. The number of hydrogen-bond acceptors (Lipinski definition) is 4. The Bertz CT molecular complexity index is 872. The number of fused-ring (bicyclic) bond motifs is 1. The number of nitrogens with zero attached hydrogens (tertiary/aromatic N) is 1. The lowest BCUT2D eigenvalue weighted by atomic mass is 10.0. The van der Waals surface area contributed by atoms with E-state index < -0.39 is 0 Å². The van der Waals surface area contributed by atoms with E-state index in [0.29, 0.717) is 28.3 Å². The molecule has 2 aromatic rings. The third kappa shape index (κ3) is 2.98. The summed E-state index contributed by atoms with van der Waals surface area (Å²) in [6, 6.07) is 10.5. The summed E-state index contributed by atoms with van der Waals surface area (Å²) in [6.07, 6.45) is 2.05. The SMILES string of the molecule is Cc1cccc(NC(=O)c2ccc3c(c2)OCO3)c1C(=O)N1CCCC1. The van der Waals surface area contributed by atoms with Crippen LogP contribution < -0.4 is 14.8 Å². The van der Waals surface area contributed by atoms with Crippen LogP contribution in [0.4, 0.5) is 5.69 Å². The number of carbonyl (C=O) groups excluding carboxylic acids is 2. The van der Waals surface area contributed by atoms with Gasteiger partial charge in [-0.3, -0.25) is 9.59 Å². The maximum Gasteiger partial charge on any atom is 0.256 e. The van der Waals surface area contributed by atoms with Gasteiger partial charge in [0.15, 0.2) is 11.5 Å². The number of nitrogens with one attached hydrogen (secondary N) is 1. The normalized spacial score (nSPS) is 15.2. The van der Waals surface area contributed by atoms with E-state index in [1.807, 2.05) is 24.0 Å². The second kappa shape index (κ2) is 6.71. The van der Waals surface area contributed by atoms with Gasteiger partial charge >= 0.3 is 0 Å². The highest BCUT2D eigenvalue weighted by Crippen LogP contribution is 2.33. The molecule has 0 aliphatic carbocycles. The van der Waals surface area contributed by atoms with Crippen LogP contribution in [-0.2, 0) is 0 Å². The molecule has 0 unspecified atom stereocenters. The van der Waals surface area contributed by atoms with Crippen LogP contribution in [0.2, 0.25) is 0 Å². The van der Waals surface area contributed by atoms with Gasteiger partial charge in [0, 0.05) is 18.7 Å². The Balaban J connectivity index is 1.60. The van der Waals surface area contributed by atoms with E-state index in [4.69, 9.17) is 9.47 Å². The van der Waals surface area contributed by atoms with E-state index in [0.717, 1.165) is 31.5 Å². The van der Waals surface area contributed by atoms with Crippen LogP contribution in [0.15, 0.2) is 36.4 Å². The minimum atomic E-state index is -0.288. The van der Waals surface area contributed by atoms with Gasteiger partial charge in [0.1, 0.15) is 0 Å². The van der Waals surface area contributed by atoms with Crippen molar-refractivity contribution in [3.63, 3.8) is 0 Å². The first kappa shape index (κ1) is 16.4. The number of amides is 2. The molecule has 4 rings (SSSR count). The van der Waals surface area contributed by atoms with Crippen molar-refractivity contribution in [2.24, 2.45) is 0 Å². The van der Waals surface area contributed by atoms with Crippen LogP contribution >= 0.6 is 0 Å². The number of benzene rings is 2. The van der Waals surface area contributed by atoms with Gasteiger partial charge in [-0.2, -0.15) is 0 Å². The predicted octanol–water partition coefficient (Wildman–Crippen LogP) is 3.21. The summed E-state index contributed by atoms with van der Waals surface area (Å²) in [5, 5.41) is 2.88. The first-order chi connectivity index (χ1) is 12.6. The summed E-state index contributed by atoms with van der Waals surface area (Å²) in [5.74, 6) is 0.864. The summed E-state index contributed by atoms with van der Waals surface area (Å²) < 4.78 is 10.6. The van der Waals surface area contributed by atoms with E-state index in [2.05, 4.69) is 5.32 Å². The molecule has 6 heteroatoms.